The summed E-state index contributed by atoms with van der Waals surface area (Å²) in [5.41, 5.74) is -5.16. The van der Waals surface area contributed by atoms with Crippen LogP contribution < -0.4 is 4.74 Å². The zero-order valence-electron chi connectivity index (χ0n) is 20.5. The highest BCUT2D eigenvalue weighted by Gasteiger charge is 2.65. The Morgan fingerprint density at radius 2 is 1.44 bits per heavy atom. The van der Waals surface area contributed by atoms with Crippen molar-refractivity contribution in [2.24, 2.45) is 5.92 Å². The van der Waals surface area contributed by atoms with E-state index in [1.165, 1.54) is 45.4 Å². The average molecular weight is 517 g/mol. The number of ether oxygens (including phenoxy) is 2. The first kappa shape index (κ1) is 28.0. The number of benzene rings is 2. The second-order valence-corrected chi connectivity index (χ2v) is 9.06. The van der Waals surface area contributed by atoms with E-state index in [0.717, 1.165) is 30.2 Å². The number of halogens is 6. The van der Waals surface area contributed by atoms with Gasteiger partial charge in [-0.25, -0.2) is 8.78 Å². The van der Waals surface area contributed by atoms with E-state index in [9.17, 15) is 31.1 Å². The van der Waals surface area contributed by atoms with Crippen molar-refractivity contribution in [3.63, 3.8) is 0 Å². The van der Waals surface area contributed by atoms with Crippen molar-refractivity contribution < 1.29 is 40.6 Å². The standard InChI is InChI=1S/C17H10F6O2.C10H20O/c1-2-25-11-6-5-10-9-4-3-8(7-24)14(18)12(9)16(20,21)17(22,23)13(10)15(11)19;1-3-4-9-5-7-10(11-2)8-6-9/h3-7H,2H2,1H3;9-10H,3-8H2,1-2H3. The molecule has 2 aliphatic carbocycles. The molecule has 0 saturated heterocycles. The molecule has 9 heteroatoms. The van der Waals surface area contributed by atoms with Crippen LogP contribution >= 0.6 is 0 Å². The van der Waals surface area contributed by atoms with Gasteiger partial charge in [-0.1, -0.05) is 25.8 Å². The third-order valence-corrected chi connectivity index (χ3v) is 6.84. The van der Waals surface area contributed by atoms with Crippen molar-refractivity contribution in [3.05, 3.63) is 52.6 Å². The third kappa shape index (κ3) is 4.99. The van der Waals surface area contributed by atoms with E-state index in [2.05, 4.69) is 6.92 Å². The summed E-state index contributed by atoms with van der Waals surface area (Å²) >= 11 is 0. The Bertz CT molecular complexity index is 1080. The van der Waals surface area contributed by atoms with Crippen LogP contribution in [0, 0.1) is 17.6 Å². The lowest BCUT2D eigenvalue weighted by atomic mass is 9.79. The van der Waals surface area contributed by atoms with Crippen molar-refractivity contribution in [1.82, 2.24) is 0 Å². The van der Waals surface area contributed by atoms with E-state index in [0.29, 0.717) is 6.10 Å². The first-order chi connectivity index (χ1) is 17.0. The molecule has 2 aromatic rings. The number of methoxy groups -OCH3 is 1. The number of aldehydes is 1. The number of carbonyl (C=O) groups excluding carboxylic acids is 1. The highest BCUT2D eigenvalue weighted by molar-refractivity contribution is 5.83. The van der Waals surface area contributed by atoms with Gasteiger partial charge in [0.15, 0.2) is 17.9 Å². The van der Waals surface area contributed by atoms with Crippen LogP contribution in [0.2, 0.25) is 0 Å². The second kappa shape index (κ2) is 11.2. The monoisotopic (exact) mass is 516 g/mol. The number of hydrogen-bond donors (Lipinski definition) is 0. The molecule has 0 aromatic heterocycles. The maximum absolute atomic E-state index is 14.4. The third-order valence-electron chi connectivity index (χ3n) is 6.84. The Balaban J connectivity index is 0.000000275. The van der Waals surface area contributed by atoms with Gasteiger partial charge in [-0.05, 0) is 67.9 Å². The van der Waals surface area contributed by atoms with Crippen molar-refractivity contribution in [2.75, 3.05) is 13.7 Å². The first-order valence-corrected chi connectivity index (χ1v) is 12.1. The predicted octanol–water partition coefficient (Wildman–Crippen LogP) is 8.03. The highest BCUT2D eigenvalue weighted by atomic mass is 19.3. The fraction of sp³-hybridized carbons (Fsp3) is 0.519. The number of rotatable bonds is 6. The van der Waals surface area contributed by atoms with Crippen molar-refractivity contribution in [1.29, 1.82) is 0 Å². The molecule has 0 spiro atoms. The molecule has 3 nitrogen and oxygen atoms in total. The molecule has 0 N–H and O–H groups in total. The van der Waals surface area contributed by atoms with Crippen LogP contribution in [0.25, 0.3) is 11.1 Å². The van der Waals surface area contributed by atoms with Crippen LogP contribution in [0.15, 0.2) is 24.3 Å². The molecule has 0 heterocycles. The van der Waals surface area contributed by atoms with Crippen LogP contribution in [0.1, 0.15) is 73.9 Å². The average Bonchev–Trinajstić information content (AvgIpc) is 2.85. The van der Waals surface area contributed by atoms with E-state index in [-0.39, 0.29) is 12.9 Å². The molecule has 0 bridgehead atoms. The smallest absolute Gasteiger partial charge is 0.343 e. The Morgan fingerprint density at radius 1 is 0.889 bits per heavy atom. The molecule has 0 amide bonds. The minimum absolute atomic E-state index is 0.0574. The van der Waals surface area contributed by atoms with Gasteiger partial charge in [0.2, 0.25) is 0 Å². The summed E-state index contributed by atoms with van der Waals surface area (Å²) in [4.78, 5) is 10.8. The summed E-state index contributed by atoms with van der Waals surface area (Å²) in [7, 11) is 1.84. The van der Waals surface area contributed by atoms with E-state index in [1.54, 1.807) is 0 Å². The quantitative estimate of drug-likeness (QED) is 0.288. The summed E-state index contributed by atoms with van der Waals surface area (Å²) in [6.07, 6.45) is 8.67. The molecule has 4 rings (SSSR count). The molecule has 2 aliphatic rings. The number of hydrogen-bond acceptors (Lipinski definition) is 3. The van der Waals surface area contributed by atoms with Gasteiger partial charge in [0.05, 0.1) is 29.4 Å². The molecule has 0 radical (unpaired) electrons. The van der Waals surface area contributed by atoms with Crippen molar-refractivity contribution in [2.45, 2.75) is 70.3 Å². The van der Waals surface area contributed by atoms with Gasteiger partial charge in [0.25, 0.3) is 0 Å². The molecule has 0 atom stereocenters. The Hall–Kier alpha value is -2.55. The molecule has 0 aliphatic heterocycles. The van der Waals surface area contributed by atoms with E-state index < -0.39 is 57.0 Å². The van der Waals surface area contributed by atoms with Crippen LogP contribution in [0.5, 0.6) is 5.75 Å². The van der Waals surface area contributed by atoms with E-state index in [4.69, 9.17) is 9.47 Å². The maximum Gasteiger partial charge on any atom is 0.343 e. The summed E-state index contributed by atoms with van der Waals surface area (Å²) in [5.74, 6) is -13.1. The Kier molecular flexibility index (Phi) is 8.75. The molecule has 1 fully saturated rings. The van der Waals surface area contributed by atoms with Gasteiger partial charge in [0.1, 0.15) is 5.82 Å². The maximum atomic E-state index is 14.4. The van der Waals surface area contributed by atoms with Gasteiger partial charge in [0, 0.05) is 7.11 Å². The van der Waals surface area contributed by atoms with Gasteiger partial charge in [-0.3, -0.25) is 4.79 Å². The lowest BCUT2D eigenvalue weighted by Crippen LogP contribution is -2.41. The number of alkyl halides is 4. The molecule has 198 valence electrons. The lowest BCUT2D eigenvalue weighted by molar-refractivity contribution is -0.227. The van der Waals surface area contributed by atoms with Gasteiger partial charge >= 0.3 is 11.8 Å². The predicted molar refractivity (Wildman–Crippen MR) is 124 cm³/mol. The zero-order valence-corrected chi connectivity index (χ0v) is 20.5. The number of fused-ring (bicyclic) bond motifs is 3. The Labute approximate surface area is 206 Å². The van der Waals surface area contributed by atoms with Crippen molar-refractivity contribution >= 4 is 6.29 Å². The summed E-state index contributed by atoms with van der Waals surface area (Å²) < 4.78 is 96.5. The summed E-state index contributed by atoms with van der Waals surface area (Å²) in [6.45, 7) is 3.69. The fourth-order valence-electron chi connectivity index (χ4n) is 4.95. The topological polar surface area (TPSA) is 35.5 Å². The molecule has 0 unspecified atom stereocenters. The number of carbonyl (C=O) groups is 1. The van der Waals surface area contributed by atoms with Gasteiger partial charge in [-0.2, -0.15) is 17.6 Å². The highest BCUT2D eigenvalue weighted by Crippen LogP contribution is 2.59. The minimum atomic E-state index is -5.05. The molecule has 36 heavy (non-hydrogen) atoms. The largest absolute Gasteiger partial charge is 0.491 e. The SMILES string of the molecule is CCCC1CCC(OC)CC1.CCOc1ccc2c(c1F)C(F)(F)C(F)(F)c1c-2ccc(C=O)c1F. The van der Waals surface area contributed by atoms with Crippen LogP contribution in [0.3, 0.4) is 0 Å². The van der Waals surface area contributed by atoms with Crippen LogP contribution in [-0.4, -0.2) is 26.1 Å². The zero-order chi connectivity index (χ0) is 26.7. The lowest BCUT2D eigenvalue weighted by Gasteiger charge is -2.35. The normalized spacial score (nSPS) is 21.5. The second-order valence-electron chi connectivity index (χ2n) is 9.06. The van der Waals surface area contributed by atoms with Crippen molar-refractivity contribution in [3.8, 4) is 16.9 Å². The Morgan fingerprint density at radius 3 is 1.94 bits per heavy atom. The molecule has 1 saturated carbocycles. The van der Waals surface area contributed by atoms with E-state index >= 15 is 0 Å². The van der Waals surface area contributed by atoms with Gasteiger partial charge in [-0.15, -0.1) is 0 Å². The first-order valence-electron chi connectivity index (χ1n) is 12.1. The fourth-order valence-corrected chi connectivity index (χ4v) is 4.95. The van der Waals surface area contributed by atoms with E-state index in [1.807, 2.05) is 7.11 Å². The summed E-state index contributed by atoms with van der Waals surface area (Å²) in [5, 5.41) is 0. The molecule has 2 aromatic carbocycles. The molecular formula is C27H30F6O3. The van der Waals surface area contributed by atoms with Crippen LogP contribution in [0.4, 0.5) is 26.3 Å². The van der Waals surface area contributed by atoms with Gasteiger partial charge < -0.3 is 9.47 Å². The van der Waals surface area contributed by atoms with Crippen LogP contribution in [-0.2, 0) is 16.6 Å². The summed E-state index contributed by atoms with van der Waals surface area (Å²) in [6, 6.07) is 3.74. The minimum Gasteiger partial charge on any atom is -0.491 e. The molecular weight excluding hydrogens is 486 g/mol.